The van der Waals surface area contributed by atoms with Crippen molar-refractivity contribution in [2.45, 2.75) is 14.9 Å². The molecule has 30 heavy (non-hydrogen) atoms. The number of sulfone groups is 1. The first-order valence-corrected chi connectivity index (χ1v) is 12.5. The number of thiophene rings is 1. The molecule has 2 aromatic rings. The summed E-state index contributed by atoms with van der Waals surface area (Å²) in [6.45, 7) is 0.0821. The molecule has 160 valence electrons. The van der Waals surface area contributed by atoms with E-state index in [0.29, 0.717) is 10.5 Å². The van der Waals surface area contributed by atoms with Crippen molar-refractivity contribution >= 4 is 50.8 Å². The van der Waals surface area contributed by atoms with E-state index in [1.54, 1.807) is 23.8 Å². The second kappa shape index (κ2) is 9.11. The van der Waals surface area contributed by atoms with Crippen LogP contribution in [-0.2, 0) is 25.2 Å². The third-order valence-electron chi connectivity index (χ3n) is 4.41. The van der Waals surface area contributed by atoms with Crippen LogP contribution in [-0.4, -0.2) is 56.8 Å². The molecule has 2 N–H and O–H groups in total. The molecule has 2 heterocycles. The van der Waals surface area contributed by atoms with Crippen molar-refractivity contribution in [1.29, 1.82) is 0 Å². The van der Waals surface area contributed by atoms with Gasteiger partial charge in [-0.05, 0) is 35.4 Å². The maximum absolute atomic E-state index is 12.8. The van der Waals surface area contributed by atoms with Gasteiger partial charge in [0.05, 0.1) is 19.5 Å². The summed E-state index contributed by atoms with van der Waals surface area (Å²) >= 11 is 2.39. The second-order valence-corrected chi connectivity index (χ2v) is 10.3. The monoisotopic (exact) mass is 468 g/mol. The minimum atomic E-state index is -3.58. The minimum Gasteiger partial charge on any atom is -0.504 e. The zero-order chi connectivity index (χ0) is 21.9. The molecule has 8 nitrogen and oxygen atoms in total. The first-order valence-electron chi connectivity index (χ1n) is 8.73. The fourth-order valence-corrected chi connectivity index (χ4v) is 6.28. The molecule has 1 saturated heterocycles. The van der Waals surface area contributed by atoms with Crippen molar-refractivity contribution in [2.24, 2.45) is 0 Å². The van der Waals surface area contributed by atoms with E-state index in [1.165, 1.54) is 42.0 Å². The fraction of sp³-hybridized carbons (Fsp3) is 0.263. The molecular weight excluding hydrogens is 448 g/mol. The number of carbonyl (C=O) groups excluding carboxylic acids is 2. The van der Waals surface area contributed by atoms with E-state index in [-0.39, 0.29) is 46.1 Å². The van der Waals surface area contributed by atoms with Crippen LogP contribution in [0.5, 0.6) is 11.5 Å². The van der Waals surface area contributed by atoms with Crippen molar-refractivity contribution in [3.05, 3.63) is 40.8 Å². The molecule has 0 radical (unpaired) electrons. The highest BCUT2D eigenvalue weighted by atomic mass is 32.2. The van der Waals surface area contributed by atoms with Gasteiger partial charge in [-0.15, -0.1) is 23.1 Å². The summed E-state index contributed by atoms with van der Waals surface area (Å²) in [5.74, 6) is -1.02. The summed E-state index contributed by atoms with van der Waals surface area (Å²) in [4.78, 5) is 25.5. The Bertz CT molecular complexity index is 1090. The molecule has 1 aromatic carbocycles. The largest absolute Gasteiger partial charge is 0.504 e. The molecule has 0 aliphatic carbocycles. The van der Waals surface area contributed by atoms with E-state index in [4.69, 9.17) is 4.74 Å². The van der Waals surface area contributed by atoms with Crippen molar-refractivity contribution in [1.82, 2.24) is 10.2 Å². The zero-order valence-corrected chi connectivity index (χ0v) is 18.7. The van der Waals surface area contributed by atoms with Gasteiger partial charge in [-0.1, -0.05) is 6.07 Å². The van der Waals surface area contributed by atoms with Crippen molar-refractivity contribution in [3.8, 4) is 11.5 Å². The van der Waals surface area contributed by atoms with Crippen LogP contribution in [0.25, 0.3) is 6.08 Å². The van der Waals surface area contributed by atoms with Crippen molar-refractivity contribution < 1.29 is 27.9 Å². The predicted octanol–water partition coefficient (Wildman–Crippen LogP) is 2.09. The molecule has 0 bridgehead atoms. The molecule has 1 aliphatic rings. The van der Waals surface area contributed by atoms with Gasteiger partial charge in [0.25, 0.3) is 0 Å². The van der Waals surface area contributed by atoms with E-state index in [1.807, 2.05) is 0 Å². The number of phenols is 1. The summed E-state index contributed by atoms with van der Waals surface area (Å²) in [6, 6.07) is 4.71. The number of hydrogen-bond donors (Lipinski definition) is 2. The molecule has 1 fully saturated rings. The molecule has 0 atom stereocenters. The quantitative estimate of drug-likeness (QED) is 0.473. The van der Waals surface area contributed by atoms with Crippen LogP contribution in [0.3, 0.4) is 0 Å². The highest BCUT2D eigenvalue weighted by molar-refractivity contribution is 7.98. The maximum atomic E-state index is 12.8. The van der Waals surface area contributed by atoms with E-state index >= 15 is 0 Å². The Labute approximate surface area is 182 Å². The summed E-state index contributed by atoms with van der Waals surface area (Å²) in [6.07, 6.45) is 4.41. The number of ether oxygens (including phenoxy) is 1. The molecule has 0 unspecified atom stereocenters. The lowest BCUT2D eigenvalue weighted by atomic mass is 10.1. The normalized spacial score (nSPS) is 14.3. The highest BCUT2D eigenvalue weighted by Gasteiger charge is 2.24. The molecule has 1 aromatic heterocycles. The van der Waals surface area contributed by atoms with Crippen LogP contribution in [0.4, 0.5) is 0 Å². The molecular formula is C19H20N2O6S3. The van der Waals surface area contributed by atoms with Crippen LogP contribution in [0.2, 0.25) is 0 Å². The fourth-order valence-electron chi connectivity index (χ4n) is 2.96. The lowest BCUT2D eigenvalue weighted by Gasteiger charge is -2.16. The number of phenolic OH excluding ortho intramolecular Hbond substituents is 1. The Morgan fingerprint density at radius 2 is 2.23 bits per heavy atom. The van der Waals surface area contributed by atoms with E-state index < -0.39 is 15.7 Å². The van der Waals surface area contributed by atoms with Gasteiger partial charge in [-0.25, -0.2) is 8.42 Å². The number of benzene rings is 1. The Morgan fingerprint density at radius 1 is 1.47 bits per heavy atom. The van der Waals surface area contributed by atoms with Gasteiger partial charge in [0.15, 0.2) is 21.3 Å². The number of aromatic hydroxyl groups is 1. The van der Waals surface area contributed by atoms with E-state index in [9.17, 15) is 23.1 Å². The number of hydrogen-bond acceptors (Lipinski definition) is 8. The number of rotatable bonds is 7. The summed E-state index contributed by atoms with van der Waals surface area (Å²) in [7, 11) is -2.22. The van der Waals surface area contributed by atoms with Gasteiger partial charge in [-0.2, -0.15) is 0 Å². The van der Waals surface area contributed by atoms with E-state index in [0.717, 1.165) is 11.3 Å². The van der Waals surface area contributed by atoms with E-state index in [2.05, 4.69) is 5.32 Å². The van der Waals surface area contributed by atoms with Gasteiger partial charge < -0.3 is 20.1 Å². The predicted molar refractivity (Wildman–Crippen MR) is 115 cm³/mol. The van der Waals surface area contributed by atoms with Gasteiger partial charge in [0.1, 0.15) is 10.8 Å². The van der Waals surface area contributed by atoms with Crippen LogP contribution in [0, 0.1) is 0 Å². The SMILES string of the molecule is COc1cc(CS(=O)(=O)c2cccs2)c(SC)c(/C=C/C(=O)N2CNC(=O)C2)c1O. The average Bonchev–Trinajstić information content (AvgIpc) is 3.39. The highest BCUT2D eigenvalue weighted by Crippen LogP contribution is 2.41. The van der Waals surface area contributed by atoms with Gasteiger partial charge in [0, 0.05) is 16.5 Å². The minimum absolute atomic E-state index is 0.0348. The van der Waals surface area contributed by atoms with Gasteiger partial charge in [-0.3, -0.25) is 9.59 Å². The summed E-state index contributed by atoms with van der Waals surface area (Å²) in [5.41, 5.74) is 0.737. The standard InChI is InChI=1S/C19H20N2O6S3/c1-27-14-8-12(10-30(25,26)17-4-3-7-29-17)19(28-2)13(18(14)24)5-6-16(23)21-9-15(22)20-11-21/h3-8,24H,9-11H2,1-2H3,(H,20,22)/b6-5+. The molecule has 0 saturated carbocycles. The number of thioether (sulfide) groups is 1. The number of nitrogens with zero attached hydrogens (tertiary/aromatic N) is 1. The first-order chi connectivity index (χ1) is 14.3. The molecule has 2 amide bonds. The number of nitrogens with one attached hydrogen (secondary N) is 1. The van der Waals surface area contributed by atoms with Crippen molar-refractivity contribution in [2.75, 3.05) is 26.6 Å². The molecule has 3 rings (SSSR count). The average molecular weight is 469 g/mol. The number of amides is 2. The summed E-state index contributed by atoms with van der Waals surface area (Å²) < 4.78 is 31.0. The summed E-state index contributed by atoms with van der Waals surface area (Å²) in [5, 5.41) is 14.8. The third-order valence-corrected chi connectivity index (χ3v) is 8.45. The number of carbonyl (C=O) groups is 2. The second-order valence-electron chi connectivity index (χ2n) is 6.35. The smallest absolute Gasteiger partial charge is 0.248 e. The lowest BCUT2D eigenvalue weighted by Crippen LogP contribution is -2.27. The first kappa shape index (κ1) is 22.2. The lowest BCUT2D eigenvalue weighted by molar-refractivity contribution is -0.127. The Morgan fingerprint density at radius 3 is 2.80 bits per heavy atom. The zero-order valence-electron chi connectivity index (χ0n) is 16.2. The Hall–Kier alpha value is -2.50. The molecule has 0 spiro atoms. The maximum Gasteiger partial charge on any atom is 0.248 e. The topological polar surface area (TPSA) is 113 Å². The van der Waals surface area contributed by atoms with Gasteiger partial charge >= 0.3 is 0 Å². The van der Waals surface area contributed by atoms with Gasteiger partial charge in [0.2, 0.25) is 11.8 Å². The van der Waals surface area contributed by atoms with Crippen LogP contribution < -0.4 is 10.1 Å². The molecule has 1 aliphatic heterocycles. The Kier molecular flexibility index (Phi) is 6.74. The van der Waals surface area contributed by atoms with Crippen molar-refractivity contribution in [3.63, 3.8) is 0 Å². The van der Waals surface area contributed by atoms with Crippen LogP contribution in [0.15, 0.2) is 38.8 Å². The van der Waals surface area contributed by atoms with Crippen LogP contribution in [0.1, 0.15) is 11.1 Å². The Balaban J connectivity index is 2.00. The van der Waals surface area contributed by atoms with Crippen LogP contribution >= 0.6 is 23.1 Å². The third kappa shape index (κ3) is 4.63. The number of methoxy groups -OCH3 is 1. The molecule has 11 heteroatoms.